The molecule has 0 aliphatic carbocycles. The molecule has 0 fully saturated rings. The standard InChI is InChI=1S/C24H34N4O9/c1-13(2)10-15(25)21(33)26-16(8-9-19(29)30)22(34)27-17(11-14-6-4-3-5-7-14)23(35)28-18(24(36)37)12-20(31)32/h3-7,13,15-18H,8-12,25H2,1-2H3,(H,26,33)(H,27,34)(H,28,35)(H,29,30)(H,31,32)(H,36,37). The second kappa shape index (κ2) is 15.2. The summed E-state index contributed by atoms with van der Waals surface area (Å²) in [6.45, 7) is 3.70. The number of carboxylic acid groups (broad SMARTS) is 3. The van der Waals surface area contributed by atoms with E-state index in [0.717, 1.165) is 0 Å². The third-order valence-corrected chi connectivity index (χ3v) is 5.25. The van der Waals surface area contributed by atoms with Gasteiger partial charge in [0.1, 0.15) is 18.1 Å². The van der Waals surface area contributed by atoms with E-state index in [1.54, 1.807) is 30.3 Å². The van der Waals surface area contributed by atoms with Gasteiger partial charge in [-0.3, -0.25) is 24.0 Å². The fourth-order valence-electron chi connectivity index (χ4n) is 3.41. The number of nitrogens with one attached hydrogen (secondary N) is 3. The Hall–Kier alpha value is -4.00. The zero-order valence-electron chi connectivity index (χ0n) is 20.7. The number of rotatable bonds is 16. The van der Waals surface area contributed by atoms with E-state index >= 15 is 0 Å². The van der Waals surface area contributed by atoms with Crippen molar-refractivity contribution < 1.29 is 44.1 Å². The monoisotopic (exact) mass is 522 g/mol. The van der Waals surface area contributed by atoms with Crippen molar-refractivity contribution in [2.45, 2.75) is 70.1 Å². The third kappa shape index (κ3) is 12.0. The summed E-state index contributed by atoms with van der Waals surface area (Å²) in [5.41, 5.74) is 6.46. The molecule has 204 valence electrons. The second-order valence-corrected chi connectivity index (χ2v) is 8.98. The Kier molecular flexibility index (Phi) is 12.7. The maximum absolute atomic E-state index is 13.1. The largest absolute Gasteiger partial charge is 0.481 e. The lowest BCUT2D eigenvalue weighted by atomic mass is 10.0. The maximum Gasteiger partial charge on any atom is 0.326 e. The quantitative estimate of drug-likeness (QED) is 0.147. The molecule has 0 saturated carbocycles. The summed E-state index contributed by atoms with van der Waals surface area (Å²) in [7, 11) is 0. The van der Waals surface area contributed by atoms with Crippen molar-refractivity contribution in [3.05, 3.63) is 35.9 Å². The zero-order chi connectivity index (χ0) is 28.1. The number of nitrogens with two attached hydrogens (primary N) is 1. The second-order valence-electron chi connectivity index (χ2n) is 8.98. The van der Waals surface area contributed by atoms with Crippen LogP contribution in [-0.4, -0.2) is 75.1 Å². The molecule has 8 N–H and O–H groups in total. The zero-order valence-corrected chi connectivity index (χ0v) is 20.7. The van der Waals surface area contributed by atoms with Gasteiger partial charge in [0.25, 0.3) is 0 Å². The molecule has 1 aromatic rings. The number of hydrogen-bond donors (Lipinski definition) is 7. The summed E-state index contributed by atoms with van der Waals surface area (Å²) in [6.07, 6.45) is -1.43. The predicted octanol–water partition coefficient (Wildman–Crippen LogP) is -0.519. The van der Waals surface area contributed by atoms with Crippen molar-refractivity contribution >= 4 is 35.6 Å². The van der Waals surface area contributed by atoms with Gasteiger partial charge < -0.3 is 37.0 Å². The van der Waals surface area contributed by atoms with Crippen molar-refractivity contribution in [3.63, 3.8) is 0 Å². The Morgan fingerprint density at radius 2 is 1.32 bits per heavy atom. The molecule has 0 spiro atoms. The van der Waals surface area contributed by atoms with E-state index in [1.165, 1.54) is 0 Å². The van der Waals surface area contributed by atoms with E-state index in [-0.39, 0.29) is 18.8 Å². The molecular weight excluding hydrogens is 488 g/mol. The Morgan fingerprint density at radius 1 is 0.784 bits per heavy atom. The Balaban J connectivity index is 3.15. The van der Waals surface area contributed by atoms with Gasteiger partial charge in [-0.1, -0.05) is 44.2 Å². The van der Waals surface area contributed by atoms with Gasteiger partial charge in [0, 0.05) is 12.8 Å². The molecule has 0 aromatic heterocycles. The van der Waals surface area contributed by atoms with Crippen LogP contribution in [-0.2, 0) is 35.2 Å². The Bertz CT molecular complexity index is 968. The lowest BCUT2D eigenvalue weighted by Gasteiger charge is -2.25. The van der Waals surface area contributed by atoms with Crippen LogP contribution in [0.25, 0.3) is 0 Å². The summed E-state index contributed by atoms with van der Waals surface area (Å²) in [5.74, 6) is -6.68. The van der Waals surface area contributed by atoms with E-state index in [1.807, 2.05) is 13.8 Å². The SMILES string of the molecule is CC(C)CC(N)C(=O)NC(CCC(=O)O)C(=O)NC(Cc1ccccc1)C(=O)NC(CC(=O)O)C(=O)O. The van der Waals surface area contributed by atoms with Crippen molar-refractivity contribution in [2.24, 2.45) is 11.7 Å². The van der Waals surface area contributed by atoms with Crippen LogP contribution in [0.3, 0.4) is 0 Å². The molecule has 1 rings (SSSR count). The highest BCUT2D eigenvalue weighted by Crippen LogP contribution is 2.08. The lowest BCUT2D eigenvalue weighted by Crippen LogP contribution is -2.57. The molecule has 3 amide bonds. The molecular formula is C24H34N4O9. The Labute approximate surface area is 213 Å². The summed E-state index contributed by atoms with van der Waals surface area (Å²) >= 11 is 0. The molecule has 0 heterocycles. The molecule has 0 saturated heterocycles. The van der Waals surface area contributed by atoms with Crippen LogP contribution >= 0.6 is 0 Å². The molecule has 13 nitrogen and oxygen atoms in total. The first kappa shape index (κ1) is 31.0. The summed E-state index contributed by atoms with van der Waals surface area (Å²) in [6, 6.07) is 3.00. The lowest BCUT2D eigenvalue weighted by molar-refractivity contribution is -0.147. The highest BCUT2D eigenvalue weighted by atomic mass is 16.4. The van der Waals surface area contributed by atoms with Crippen LogP contribution in [0.2, 0.25) is 0 Å². The minimum absolute atomic E-state index is 0.0824. The van der Waals surface area contributed by atoms with Crippen molar-refractivity contribution in [1.82, 2.24) is 16.0 Å². The highest BCUT2D eigenvalue weighted by molar-refractivity contribution is 5.95. The maximum atomic E-state index is 13.1. The average Bonchev–Trinajstić information content (AvgIpc) is 2.80. The van der Waals surface area contributed by atoms with Gasteiger partial charge in [-0.15, -0.1) is 0 Å². The fraction of sp³-hybridized carbons (Fsp3) is 0.500. The molecule has 4 unspecified atom stereocenters. The first-order chi connectivity index (χ1) is 17.3. The van der Waals surface area contributed by atoms with E-state index in [9.17, 15) is 33.9 Å². The van der Waals surface area contributed by atoms with E-state index < -0.39 is 72.6 Å². The molecule has 1 aromatic carbocycles. The number of hydrogen-bond acceptors (Lipinski definition) is 7. The van der Waals surface area contributed by atoms with Crippen molar-refractivity contribution in [2.75, 3.05) is 0 Å². The van der Waals surface area contributed by atoms with Crippen molar-refractivity contribution in [1.29, 1.82) is 0 Å². The smallest absolute Gasteiger partial charge is 0.326 e. The molecule has 0 radical (unpaired) electrons. The minimum Gasteiger partial charge on any atom is -0.481 e. The van der Waals surface area contributed by atoms with Crippen LogP contribution in [0, 0.1) is 5.92 Å². The topological polar surface area (TPSA) is 225 Å². The first-order valence-corrected chi connectivity index (χ1v) is 11.7. The molecule has 0 aliphatic rings. The number of carbonyl (C=O) groups is 6. The van der Waals surface area contributed by atoms with Gasteiger partial charge in [-0.2, -0.15) is 0 Å². The van der Waals surface area contributed by atoms with Gasteiger partial charge in [-0.05, 0) is 24.3 Å². The normalized spacial score (nSPS) is 14.1. The van der Waals surface area contributed by atoms with Crippen LogP contribution < -0.4 is 21.7 Å². The molecule has 13 heteroatoms. The van der Waals surface area contributed by atoms with Gasteiger partial charge in [-0.25, -0.2) is 4.79 Å². The molecule has 4 atom stereocenters. The number of carbonyl (C=O) groups excluding carboxylic acids is 3. The summed E-state index contributed by atoms with van der Waals surface area (Å²) in [4.78, 5) is 72.0. The molecule has 0 bridgehead atoms. The van der Waals surface area contributed by atoms with Crippen LogP contribution in [0.1, 0.15) is 45.1 Å². The van der Waals surface area contributed by atoms with Crippen LogP contribution in [0.4, 0.5) is 0 Å². The first-order valence-electron chi connectivity index (χ1n) is 11.7. The molecule has 37 heavy (non-hydrogen) atoms. The predicted molar refractivity (Wildman–Crippen MR) is 130 cm³/mol. The number of amides is 3. The van der Waals surface area contributed by atoms with Crippen LogP contribution in [0.5, 0.6) is 0 Å². The number of carboxylic acids is 3. The van der Waals surface area contributed by atoms with E-state index in [0.29, 0.717) is 12.0 Å². The Morgan fingerprint density at radius 3 is 1.84 bits per heavy atom. The van der Waals surface area contributed by atoms with Gasteiger partial charge >= 0.3 is 17.9 Å². The van der Waals surface area contributed by atoms with Crippen molar-refractivity contribution in [3.8, 4) is 0 Å². The van der Waals surface area contributed by atoms with Crippen LogP contribution in [0.15, 0.2) is 30.3 Å². The van der Waals surface area contributed by atoms with E-state index in [2.05, 4.69) is 16.0 Å². The highest BCUT2D eigenvalue weighted by Gasteiger charge is 2.31. The summed E-state index contributed by atoms with van der Waals surface area (Å²) < 4.78 is 0. The average molecular weight is 523 g/mol. The number of benzene rings is 1. The summed E-state index contributed by atoms with van der Waals surface area (Å²) in [5, 5.41) is 34.2. The van der Waals surface area contributed by atoms with Gasteiger partial charge in [0.15, 0.2) is 0 Å². The molecule has 0 aliphatic heterocycles. The van der Waals surface area contributed by atoms with Gasteiger partial charge in [0.2, 0.25) is 17.7 Å². The third-order valence-electron chi connectivity index (χ3n) is 5.25. The number of aliphatic carboxylic acids is 3. The minimum atomic E-state index is -1.75. The van der Waals surface area contributed by atoms with Gasteiger partial charge in [0.05, 0.1) is 12.5 Å². The van der Waals surface area contributed by atoms with E-state index in [4.69, 9.17) is 15.9 Å². The fourth-order valence-corrected chi connectivity index (χ4v) is 3.41.